The van der Waals surface area contributed by atoms with Crippen molar-refractivity contribution in [3.8, 4) is 0 Å². The molecule has 2 atom stereocenters. The van der Waals surface area contributed by atoms with E-state index in [9.17, 15) is 4.79 Å². The average molecular weight is 288 g/mol. The summed E-state index contributed by atoms with van der Waals surface area (Å²) in [5.74, 6) is 0.170. The average Bonchev–Trinajstić information content (AvgIpc) is 3.04. The fraction of sp³-hybridized carbons (Fsp3) is 0.588. The van der Waals surface area contributed by atoms with Crippen molar-refractivity contribution < 1.29 is 9.53 Å². The molecule has 2 aliphatic heterocycles. The Morgan fingerprint density at radius 2 is 2.29 bits per heavy atom. The number of likely N-dealkylation sites (N-methyl/N-ethyl adjacent to an activating group) is 1. The van der Waals surface area contributed by atoms with E-state index in [1.807, 2.05) is 17.0 Å². The first kappa shape index (κ1) is 14.5. The van der Waals surface area contributed by atoms with Crippen molar-refractivity contribution in [1.82, 2.24) is 10.2 Å². The molecule has 0 bridgehead atoms. The quantitative estimate of drug-likeness (QED) is 0.920. The van der Waals surface area contributed by atoms with Gasteiger partial charge in [0.2, 0.25) is 5.91 Å². The zero-order chi connectivity index (χ0) is 14.7. The number of hydrogen-bond donors (Lipinski definition) is 1. The monoisotopic (exact) mass is 288 g/mol. The summed E-state index contributed by atoms with van der Waals surface area (Å²) in [7, 11) is 0. The molecule has 1 aromatic rings. The molecule has 2 aliphatic rings. The topological polar surface area (TPSA) is 41.6 Å². The second kappa shape index (κ2) is 6.58. The highest BCUT2D eigenvalue weighted by Gasteiger charge is 2.30. The lowest BCUT2D eigenvalue weighted by atomic mass is 9.89. The Morgan fingerprint density at radius 3 is 3.05 bits per heavy atom. The number of carbonyl (C=O) groups is 1. The van der Waals surface area contributed by atoms with Gasteiger partial charge < -0.3 is 15.0 Å². The summed E-state index contributed by atoms with van der Waals surface area (Å²) < 4.78 is 5.68. The molecule has 2 unspecified atom stereocenters. The maximum atomic E-state index is 12.9. The molecule has 0 saturated carbocycles. The van der Waals surface area contributed by atoms with Gasteiger partial charge in [0.15, 0.2) is 0 Å². The number of ether oxygens (including phenoxy) is 1. The maximum absolute atomic E-state index is 12.9. The highest BCUT2D eigenvalue weighted by molar-refractivity contribution is 5.84. The van der Waals surface area contributed by atoms with Gasteiger partial charge in [0.05, 0.1) is 12.0 Å². The predicted octanol–water partition coefficient (Wildman–Crippen LogP) is 1.90. The van der Waals surface area contributed by atoms with Crippen LogP contribution in [0.25, 0.3) is 0 Å². The van der Waals surface area contributed by atoms with Crippen LogP contribution in [0.4, 0.5) is 0 Å². The number of fused-ring (bicyclic) bond motifs is 1. The molecule has 1 aromatic carbocycles. The third-order valence-electron chi connectivity index (χ3n) is 4.53. The maximum Gasteiger partial charge on any atom is 0.231 e. The number of hydrogen-bond acceptors (Lipinski definition) is 3. The molecule has 1 amide bonds. The van der Waals surface area contributed by atoms with Gasteiger partial charge in [-0.2, -0.15) is 0 Å². The van der Waals surface area contributed by atoms with Crippen molar-refractivity contribution in [2.24, 2.45) is 0 Å². The number of benzene rings is 1. The highest BCUT2D eigenvalue weighted by atomic mass is 16.5. The number of nitrogens with zero attached hydrogens (tertiary/aromatic N) is 1. The van der Waals surface area contributed by atoms with Gasteiger partial charge in [-0.1, -0.05) is 24.3 Å². The molecular weight excluding hydrogens is 264 g/mol. The SMILES string of the molecule is CCN(CC1CCCO1)C(=O)C1CNCc2ccccc21. The van der Waals surface area contributed by atoms with Crippen LogP contribution in [0.2, 0.25) is 0 Å². The van der Waals surface area contributed by atoms with Gasteiger partial charge >= 0.3 is 0 Å². The lowest BCUT2D eigenvalue weighted by Crippen LogP contribution is -2.44. The third kappa shape index (κ3) is 3.11. The van der Waals surface area contributed by atoms with Crippen LogP contribution < -0.4 is 5.32 Å². The van der Waals surface area contributed by atoms with Crippen LogP contribution >= 0.6 is 0 Å². The van der Waals surface area contributed by atoms with Crippen molar-refractivity contribution in [3.05, 3.63) is 35.4 Å². The van der Waals surface area contributed by atoms with Crippen LogP contribution in [0.15, 0.2) is 24.3 Å². The summed E-state index contributed by atoms with van der Waals surface area (Å²) in [5, 5.41) is 3.37. The van der Waals surface area contributed by atoms with Gasteiger partial charge in [-0.3, -0.25) is 4.79 Å². The summed E-state index contributed by atoms with van der Waals surface area (Å²) in [5.41, 5.74) is 2.43. The summed E-state index contributed by atoms with van der Waals surface area (Å²) in [6.45, 7) is 5.96. The zero-order valence-corrected chi connectivity index (χ0v) is 12.7. The van der Waals surface area contributed by atoms with Crippen LogP contribution in [0.3, 0.4) is 0 Å². The Labute approximate surface area is 126 Å². The van der Waals surface area contributed by atoms with Crippen LogP contribution in [0.5, 0.6) is 0 Å². The normalized spacial score (nSPS) is 24.6. The first-order chi connectivity index (χ1) is 10.3. The van der Waals surface area contributed by atoms with Crippen LogP contribution in [0, 0.1) is 0 Å². The van der Waals surface area contributed by atoms with Crippen LogP contribution in [0.1, 0.15) is 36.8 Å². The number of carbonyl (C=O) groups excluding carboxylic acids is 1. The van der Waals surface area contributed by atoms with Gasteiger partial charge in [0, 0.05) is 32.8 Å². The largest absolute Gasteiger partial charge is 0.376 e. The van der Waals surface area contributed by atoms with Gasteiger partial charge in [-0.25, -0.2) is 0 Å². The van der Waals surface area contributed by atoms with Crippen LogP contribution in [-0.4, -0.2) is 43.2 Å². The van der Waals surface area contributed by atoms with Crippen molar-refractivity contribution >= 4 is 5.91 Å². The van der Waals surface area contributed by atoms with E-state index in [0.29, 0.717) is 0 Å². The Hall–Kier alpha value is -1.39. The summed E-state index contributed by atoms with van der Waals surface area (Å²) in [6, 6.07) is 8.27. The zero-order valence-electron chi connectivity index (χ0n) is 12.7. The molecule has 1 fully saturated rings. The van der Waals surface area contributed by atoms with Crippen molar-refractivity contribution in [2.45, 2.75) is 38.3 Å². The van der Waals surface area contributed by atoms with Gasteiger partial charge in [-0.15, -0.1) is 0 Å². The first-order valence-electron chi connectivity index (χ1n) is 7.98. The fourth-order valence-corrected chi connectivity index (χ4v) is 3.35. The van der Waals surface area contributed by atoms with E-state index < -0.39 is 0 Å². The molecule has 4 nitrogen and oxygen atoms in total. The molecule has 1 N–H and O–H groups in total. The second-order valence-corrected chi connectivity index (χ2v) is 5.89. The van der Waals surface area contributed by atoms with E-state index in [1.54, 1.807) is 0 Å². The summed E-state index contributed by atoms with van der Waals surface area (Å²) in [6.07, 6.45) is 2.41. The molecule has 21 heavy (non-hydrogen) atoms. The molecule has 0 spiro atoms. The predicted molar refractivity (Wildman–Crippen MR) is 82.1 cm³/mol. The van der Waals surface area contributed by atoms with Gasteiger partial charge in [0.1, 0.15) is 0 Å². The minimum atomic E-state index is -0.0590. The minimum Gasteiger partial charge on any atom is -0.376 e. The first-order valence-corrected chi connectivity index (χ1v) is 7.98. The fourth-order valence-electron chi connectivity index (χ4n) is 3.35. The van der Waals surface area contributed by atoms with E-state index >= 15 is 0 Å². The van der Waals surface area contributed by atoms with E-state index in [1.165, 1.54) is 11.1 Å². The molecular formula is C17H24N2O2. The molecule has 0 aliphatic carbocycles. The Morgan fingerprint density at radius 1 is 1.43 bits per heavy atom. The molecule has 0 aromatic heterocycles. The minimum absolute atomic E-state index is 0.0590. The molecule has 4 heteroatoms. The third-order valence-corrected chi connectivity index (χ3v) is 4.53. The lowest BCUT2D eigenvalue weighted by molar-refractivity contribution is -0.134. The number of rotatable bonds is 4. The van der Waals surface area contributed by atoms with E-state index in [2.05, 4.69) is 24.4 Å². The van der Waals surface area contributed by atoms with Crippen molar-refractivity contribution in [2.75, 3.05) is 26.2 Å². The van der Waals surface area contributed by atoms with E-state index in [-0.39, 0.29) is 17.9 Å². The standard InChI is InChI=1S/C17H24N2O2/c1-2-19(12-14-7-5-9-21-14)17(20)16-11-18-10-13-6-3-4-8-15(13)16/h3-4,6,8,14,16,18H,2,5,7,9-12H2,1H3. The molecule has 114 valence electrons. The Kier molecular flexibility index (Phi) is 4.56. The van der Waals surface area contributed by atoms with E-state index in [0.717, 1.165) is 45.6 Å². The molecule has 2 heterocycles. The Bertz CT molecular complexity index is 497. The molecule has 0 radical (unpaired) electrons. The summed E-state index contributed by atoms with van der Waals surface area (Å²) in [4.78, 5) is 14.9. The van der Waals surface area contributed by atoms with Gasteiger partial charge in [-0.05, 0) is 30.9 Å². The van der Waals surface area contributed by atoms with Crippen molar-refractivity contribution in [1.29, 1.82) is 0 Å². The molecule has 1 saturated heterocycles. The number of amides is 1. The molecule has 3 rings (SSSR count). The lowest BCUT2D eigenvalue weighted by Gasteiger charge is -2.32. The number of nitrogens with one attached hydrogen (secondary N) is 1. The highest BCUT2D eigenvalue weighted by Crippen LogP contribution is 2.26. The van der Waals surface area contributed by atoms with Crippen molar-refractivity contribution in [3.63, 3.8) is 0 Å². The van der Waals surface area contributed by atoms with Crippen LogP contribution in [-0.2, 0) is 16.1 Å². The van der Waals surface area contributed by atoms with E-state index in [4.69, 9.17) is 4.74 Å². The smallest absolute Gasteiger partial charge is 0.231 e. The second-order valence-electron chi connectivity index (χ2n) is 5.89. The summed E-state index contributed by atoms with van der Waals surface area (Å²) >= 11 is 0. The van der Waals surface area contributed by atoms with Gasteiger partial charge in [0.25, 0.3) is 0 Å². The Balaban J connectivity index is 1.74.